The van der Waals surface area contributed by atoms with Crippen LogP contribution in [0.3, 0.4) is 0 Å². The van der Waals surface area contributed by atoms with Crippen molar-refractivity contribution in [1.82, 2.24) is 5.32 Å². The fourth-order valence-electron chi connectivity index (χ4n) is 1.99. The van der Waals surface area contributed by atoms with Crippen molar-refractivity contribution in [2.24, 2.45) is 0 Å². The van der Waals surface area contributed by atoms with Crippen molar-refractivity contribution in [1.29, 1.82) is 0 Å². The highest BCUT2D eigenvalue weighted by atomic mass is 16.5. The molecule has 0 heterocycles. The first-order chi connectivity index (χ1) is 8.77. The first kappa shape index (κ1) is 15.0. The molecule has 0 unspecified atom stereocenters. The zero-order valence-corrected chi connectivity index (χ0v) is 11.9. The SMILES string of the molecule is CCN(CCCNCCOC)c1cccc(C)c1. The van der Waals surface area contributed by atoms with Gasteiger partial charge in [-0.15, -0.1) is 0 Å². The van der Waals surface area contributed by atoms with Gasteiger partial charge in [0.15, 0.2) is 0 Å². The minimum atomic E-state index is 0.787. The lowest BCUT2D eigenvalue weighted by Gasteiger charge is -2.23. The summed E-state index contributed by atoms with van der Waals surface area (Å²) in [5.41, 5.74) is 2.65. The van der Waals surface area contributed by atoms with E-state index in [0.717, 1.165) is 39.2 Å². The maximum Gasteiger partial charge on any atom is 0.0587 e. The highest BCUT2D eigenvalue weighted by Crippen LogP contribution is 2.15. The number of methoxy groups -OCH3 is 1. The zero-order valence-electron chi connectivity index (χ0n) is 11.9. The Hall–Kier alpha value is -1.06. The minimum absolute atomic E-state index is 0.787. The number of ether oxygens (including phenoxy) is 1. The molecule has 0 fully saturated rings. The lowest BCUT2D eigenvalue weighted by Crippen LogP contribution is -2.28. The Balaban J connectivity index is 2.29. The summed E-state index contributed by atoms with van der Waals surface area (Å²) in [7, 11) is 1.73. The van der Waals surface area contributed by atoms with Gasteiger partial charge in [-0.3, -0.25) is 0 Å². The summed E-state index contributed by atoms with van der Waals surface area (Å²) in [5.74, 6) is 0. The standard InChI is InChI=1S/C15H26N2O/c1-4-17(11-6-9-16-10-12-18-3)15-8-5-7-14(2)13-15/h5,7-8,13,16H,4,6,9-12H2,1-3H3. The second kappa shape index (κ2) is 8.95. The van der Waals surface area contributed by atoms with Gasteiger partial charge >= 0.3 is 0 Å². The highest BCUT2D eigenvalue weighted by Gasteiger charge is 2.03. The van der Waals surface area contributed by atoms with Gasteiger partial charge in [0.1, 0.15) is 0 Å². The number of nitrogens with zero attached hydrogens (tertiary/aromatic N) is 1. The predicted molar refractivity (Wildman–Crippen MR) is 78.4 cm³/mol. The summed E-state index contributed by atoms with van der Waals surface area (Å²) in [6.07, 6.45) is 1.16. The molecular weight excluding hydrogens is 224 g/mol. The quantitative estimate of drug-likeness (QED) is 0.681. The van der Waals surface area contributed by atoms with Crippen LogP contribution in [0.25, 0.3) is 0 Å². The first-order valence-electron chi connectivity index (χ1n) is 6.79. The summed E-state index contributed by atoms with van der Waals surface area (Å²) >= 11 is 0. The molecule has 102 valence electrons. The Morgan fingerprint density at radius 2 is 2.11 bits per heavy atom. The van der Waals surface area contributed by atoms with E-state index >= 15 is 0 Å². The number of hydrogen-bond acceptors (Lipinski definition) is 3. The van der Waals surface area contributed by atoms with Crippen LogP contribution in [0.2, 0.25) is 0 Å². The third-order valence-corrected chi connectivity index (χ3v) is 3.01. The average Bonchev–Trinajstić information content (AvgIpc) is 2.38. The van der Waals surface area contributed by atoms with Crippen LogP contribution >= 0.6 is 0 Å². The van der Waals surface area contributed by atoms with Crippen LogP contribution in [-0.4, -0.2) is 39.9 Å². The molecular formula is C15H26N2O. The van der Waals surface area contributed by atoms with Crippen molar-refractivity contribution in [2.45, 2.75) is 20.3 Å². The van der Waals surface area contributed by atoms with Gasteiger partial charge in [-0.05, 0) is 44.5 Å². The number of hydrogen-bond donors (Lipinski definition) is 1. The van der Waals surface area contributed by atoms with Crippen LogP contribution in [0, 0.1) is 6.92 Å². The summed E-state index contributed by atoms with van der Waals surface area (Å²) in [5, 5.41) is 3.38. The Labute approximate surface area is 111 Å². The van der Waals surface area contributed by atoms with Crippen molar-refractivity contribution in [3.05, 3.63) is 29.8 Å². The lowest BCUT2D eigenvalue weighted by atomic mass is 10.2. The maximum absolute atomic E-state index is 5.00. The van der Waals surface area contributed by atoms with E-state index in [9.17, 15) is 0 Å². The molecule has 0 aromatic heterocycles. The fraction of sp³-hybridized carbons (Fsp3) is 0.600. The van der Waals surface area contributed by atoms with Gasteiger partial charge in [0.25, 0.3) is 0 Å². The van der Waals surface area contributed by atoms with Gasteiger partial charge < -0.3 is 15.0 Å². The summed E-state index contributed by atoms with van der Waals surface area (Å²) in [6, 6.07) is 8.71. The Morgan fingerprint density at radius 3 is 2.78 bits per heavy atom. The summed E-state index contributed by atoms with van der Waals surface area (Å²) in [4.78, 5) is 2.42. The van der Waals surface area contributed by atoms with E-state index in [1.807, 2.05) is 0 Å². The molecule has 0 atom stereocenters. The van der Waals surface area contributed by atoms with E-state index in [4.69, 9.17) is 4.74 Å². The predicted octanol–water partition coefficient (Wildman–Crippen LogP) is 2.45. The van der Waals surface area contributed by atoms with Gasteiger partial charge in [0, 0.05) is 32.4 Å². The monoisotopic (exact) mass is 250 g/mol. The zero-order chi connectivity index (χ0) is 13.2. The molecule has 0 radical (unpaired) electrons. The molecule has 0 spiro atoms. The van der Waals surface area contributed by atoms with Crippen LogP contribution < -0.4 is 10.2 Å². The molecule has 0 aliphatic carbocycles. The largest absolute Gasteiger partial charge is 0.383 e. The van der Waals surface area contributed by atoms with E-state index < -0.39 is 0 Å². The van der Waals surface area contributed by atoms with Crippen LogP contribution in [0.15, 0.2) is 24.3 Å². The lowest BCUT2D eigenvalue weighted by molar-refractivity contribution is 0.199. The van der Waals surface area contributed by atoms with E-state index in [1.165, 1.54) is 11.3 Å². The van der Waals surface area contributed by atoms with Crippen LogP contribution in [-0.2, 0) is 4.74 Å². The molecule has 3 nitrogen and oxygen atoms in total. The van der Waals surface area contributed by atoms with E-state index in [-0.39, 0.29) is 0 Å². The van der Waals surface area contributed by atoms with Gasteiger partial charge in [-0.2, -0.15) is 0 Å². The minimum Gasteiger partial charge on any atom is -0.383 e. The number of rotatable bonds is 9. The molecule has 0 aliphatic rings. The molecule has 0 saturated carbocycles. The maximum atomic E-state index is 5.00. The third kappa shape index (κ3) is 5.52. The number of benzene rings is 1. The summed E-state index contributed by atoms with van der Waals surface area (Å²) in [6.45, 7) is 9.28. The molecule has 0 bridgehead atoms. The van der Waals surface area contributed by atoms with Crippen molar-refractivity contribution < 1.29 is 4.74 Å². The fourth-order valence-corrected chi connectivity index (χ4v) is 1.99. The van der Waals surface area contributed by atoms with Crippen LogP contribution in [0.1, 0.15) is 18.9 Å². The molecule has 0 amide bonds. The van der Waals surface area contributed by atoms with Crippen LogP contribution in [0.5, 0.6) is 0 Å². The van der Waals surface area contributed by atoms with Gasteiger partial charge in [-0.25, -0.2) is 0 Å². The third-order valence-electron chi connectivity index (χ3n) is 3.01. The van der Waals surface area contributed by atoms with Crippen molar-refractivity contribution in [3.63, 3.8) is 0 Å². The van der Waals surface area contributed by atoms with E-state index in [2.05, 4.69) is 48.3 Å². The number of anilines is 1. The van der Waals surface area contributed by atoms with Gasteiger partial charge in [-0.1, -0.05) is 12.1 Å². The first-order valence-corrected chi connectivity index (χ1v) is 6.79. The molecule has 1 aromatic carbocycles. The second-order valence-corrected chi connectivity index (χ2v) is 4.52. The second-order valence-electron chi connectivity index (χ2n) is 4.52. The van der Waals surface area contributed by atoms with Crippen molar-refractivity contribution >= 4 is 5.69 Å². The molecule has 1 N–H and O–H groups in total. The Morgan fingerprint density at radius 1 is 1.28 bits per heavy atom. The van der Waals surface area contributed by atoms with E-state index in [0.29, 0.717) is 0 Å². The Bertz CT molecular complexity index is 328. The molecule has 1 aromatic rings. The number of nitrogens with one attached hydrogen (secondary N) is 1. The van der Waals surface area contributed by atoms with Crippen molar-refractivity contribution in [3.8, 4) is 0 Å². The Kier molecular flexibility index (Phi) is 7.46. The van der Waals surface area contributed by atoms with Gasteiger partial charge in [0.05, 0.1) is 6.61 Å². The normalized spacial score (nSPS) is 10.6. The summed E-state index contributed by atoms with van der Waals surface area (Å²) < 4.78 is 5.00. The van der Waals surface area contributed by atoms with Crippen LogP contribution in [0.4, 0.5) is 5.69 Å². The molecule has 18 heavy (non-hydrogen) atoms. The molecule has 3 heteroatoms. The van der Waals surface area contributed by atoms with E-state index in [1.54, 1.807) is 7.11 Å². The number of aryl methyl sites for hydroxylation is 1. The average molecular weight is 250 g/mol. The van der Waals surface area contributed by atoms with Gasteiger partial charge in [0.2, 0.25) is 0 Å². The topological polar surface area (TPSA) is 24.5 Å². The highest BCUT2D eigenvalue weighted by molar-refractivity contribution is 5.48. The van der Waals surface area contributed by atoms with Crippen molar-refractivity contribution in [2.75, 3.05) is 44.8 Å². The smallest absolute Gasteiger partial charge is 0.0587 e. The molecule has 0 aliphatic heterocycles. The molecule has 0 saturated heterocycles. The molecule has 1 rings (SSSR count).